The molecule has 2 aromatic rings. The largest absolute Gasteiger partial charge is 0.450 e. The average Bonchev–Trinajstić information content (AvgIpc) is 2.49. The first-order valence-corrected chi connectivity index (χ1v) is 6.46. The predicted octanol–water partition coefficient (Wildman–Crippen LogP) is 2.71. The van der Waals surface area contributed by atoms with Crippen LogP contribution in [-0.2, 0) is 4.74 Å². The zero-order valence-electron chi connectivity index (χ0n) is 11.5. The van der Waals surface area contributed by atoms with Gasteiger partial charge < -0.3 is 10.1 Å². The van der Waals surface area contributed by atoms with Crippen LogP contribution in [0.2, 0.25) is 0 Å². The maximum Gasteiger partial charge on any atom is 0.414 e. The number of para-hydroxylation sites is 1. The van der Waals surface area contributed by atoms with Crippen LogP contribution in [0.15, 0.2) is 48.7 Å². The molecular formula is C15H15N3O3. The molecule has 6 heteroatoms. The van der Waals surface area contributed by atoms with Gasteiger partial charge in [0.2, 0.25) is 0 Å². The summed E-state index contributed by atoms with van der Waals surface area (Å²) in [6, 6.07) is 12.2. The average molecular weight is 285 g/mol. The van der Waals surface area contributed by atoms with Gasteiger partial charge in [-0.3, -0.25) is 10.1 Å². The highest BCUT2D eigenvalue weighted by molar-refractivity contribution is 6.06. The minimum Gasteiger partial charge on any atom is -0.450 e. The van der Waals surface area contributed by atoms with Crippen molar-refractivity contribution >= 4 is 23.5 Å². The molecule has 0 saturated heterocycles. The molecule has 0 saturated carbocycles. The van der Waals surface area contributed by atoms with E-state index in [0.717, 1.165) is 0 Å². The Morgan fingerprint density at radius 1 is 1.14 bits per heavy atom. The summed E-state index contributed by atoms with van der Waals surface area (Å²) in [7, 11) is 0. The van der Waals surface area contributed by atoms with Crippen molar-refractivity contribution < 1.29 is 14.3 Å². The van der Waals surface area contributed by atoms with Crippen molar-refractivity contribution in [3.8, 4) is 0 Å². The van der Waals surface area contributed by atoms with Gasteiger partial charge in [0, 0.05) is 6.20 Å². The molecule has 6 nitrogen and oxygen atoms in total. The Labute approximate surface area is 122 Å². The highest BCUT2D eigenvalue weighted by Crippen LogP contribution is 2.19. The van der Waals surface area contributed by atoms with Gasteiger partial charge in [0.05, 0.1) is 17.9 Å². The zero-order valence-corrected chi connectivity index (χ0v) is 11.5. The third kappa shape index (κ3) is 4.04. The SMILES string of the molecule is CCOC(=O)NC(=O)c1ccccc1Nc1ccccn1. The first kappa shape index (κ1) is 14.5. The van der Waals surface area contributed by atoms with E-state index in [1.165, 1.54) is 0 Å². The Balaban J connectivity index is 2.17. The molecule has 0 radical (unpaired) electrons. The van der Waals surface area contributed by atoms with Crippen LogP contribution >= 0.6 is 0 Å². The first-order chi connectivity index (χ1) is 10.2. The van der Waals surface area contributed by atoms with Gasteiger partial charge in [0.25, 0.3) is 5.91 Å². The lowest BCUT2D eigenvalue weighted by Gasteiger charge is -2.11. The monoisotopic (exact) mass is 285 g/mol. The Bertz CT molecular complexity index is 629. The van der Waals surface area contributed by atoms with E-state index < -0.39 is 12.0 Å². The quantitative estimate of drug-likeness (QED) is 0.902. The van der Waals surface area contributed by atoms with E-state index >= 15 is 0 Å². The summed E-state index contributed by atoms with van der Waals surface area (Å²) < 4.78 is 4.69. The molecule has 2 amide bonds. The summed E-state index contributed by atoms with van der Waals surface area (Å²) in [5, 5.41) is 5.20. The number of nitrogens with one attached hydrogen (secondary N) is 2. The number of aromatic nitrogens is 1. The number of alkyl carbamates (subject to hydrolysis) is 1. The van der Waals surface area contributed by atoms with E-state index in [1.54, 1.807) is 49.5 Å². The smallest absolute Gasteiger partial charge is 0.414 e. The van der Waals surface area contributed by atoms with Crippen LogP contribution in [0, 0.1) is 0 Å². The summed E-state index contributed by atoms with van der Waals surface area (Å²) in [4.78, 5) is 27.5. The van der Waals surface area contributed by atoms with E-state index in [0.29, 0.717) is 17.1 Å². The van der Waals surface area contributed by atoms with Gasteiger partial charge >= 0.3 is 6.09 Å². The van der Waals surface area contributed by atoms with Gasteiger partial charge in [-0.25, -0.2) is 9.78 Å². The Kier molecular flexibility index (Phi) is 4.87. The fraction of sp³-hybridized carbons (Fsp3) is 0.133. The number of carbonyl (C=O) groups is 2. The molecule has 1 heterocycles. The number of benzene rings is 1. The normalized spacial score (nSPS) is 9.76. The van der Waals surface area contributed by atoms with Gasteiger partial charge in [0.15, 0.2) is 0 Å². The molecule has 1 aromatic carbocycles. The maximum atomic E-state index is 12.1. The lowest BCUT2D eigenvalue weighted by molar-refractivity contribution is 0.0926. The van der Waals surface area contributed by atoms with E-state index in [4.69, 9.17) is 0 Å². The van der Waals surface area contributed by atoms with Crippen LogP contribution < -0.4 is 10.6 Å². The van der Waals surface area contributed by atoms with Crippen molar-refractivity contribution in [2.45, 2.75) is 6.92 Å². The second kappa shape index (κ2) is 7.04. The number of anilines is 2. The van der Waals surface area contributed by atoms with Crippen LogP contribution in [0.4, 0.5) is 16.3 Å². The fourth-order valence-electron chi connectivity index (χ4n) is 1.69. The van der Waals surface area contributed by atoms with Gasteiger partial charge in [-0.2, -0.15) is 0 Å². The lowest BCUT2D eigenvalue weighted by atomic mass is 10.1. The minimum atomic E-state index is -0.768. The number of ether oxygens (including phenoxy) is 1. The lowest BCUT2D eigenvalue weighted by Crippen LogP contribution is -2.31. The molecule has 0 fully saturated rings. The van der Waals surface area contributed by atoms with Gasteiger partial charge in [-0.05, 0) is 31.2 Å². The Morgan fingerprint density at radius 3 is 2.62 bits per heavy atom. The highest BCUT2D eigenvalue weighted by Gasteiger charge is 2.14. The van der Waals surface area contributed by atoms with Crippen molar-refractivity contribution in [1.29, 1.82) is 0 Å². The molecular weight excluding hydrogens is 270 g/mol. The Hall–Kier alpha value is -2.89. The van der Waals surface area contributed by atoms with Crippen molar-refractivity contribution in [1.82, 2.24) is 10.3 Å². The molecule has 0 aliphatic heterocycles. The third-order valence-electron chi connectivity index (χ3n) is 2.59. The number of carbonyl (C=O) groups excluding carboxylic acids is 2. The molecule has 2 rings (SSSR count). The second-order valence-corrected chi connectivity index (χ2v) is 4.06. The van der Waals surface area contributed by atoms with E-state index in [9.17, 15) is 9.59 Å². The van der Waals surface area contributed by atoms with Crippen molar-refractivity contribution in [2.24, 2.45) is 0 Å². The zero-order chi connectivity index (χ0) is 15.1. The molecule has 1 aromatic heterocycles. The van der Waals surface area contributed by atoms with E-state index in [2.05, 4.69) is 20.4 Å². The maximum absolute atomic E-state index is 12.1. The number of pyridine rings is 1. The number of nitrogens with zero attached hydrogens (tertiary/aromatic N) is 1. The number of amides is 2. The molecule has 0 atom stereocenters. The molecule has 0 spiro atoms. The number of rotatable bonds is 4. The summed E-state index contributed by atoms with van der Waals surface area (Å²) in [6.07, 6.45) is 0.874. The van der Waals surface area contributed by atoms with E-state index in [-0.39, 0.29) is 6.61 Å². The molecule has 108 valence electrons. The number of imide groups is 1. The number of hydrogen-bond acceptors (Lipinski definition) is 5. The predicted molar refractivity (Wildman–Crippen MR) is 78.4 cm³/mol. The van der Waals surface area contributed by atoms with Gasteiger partial charge in [-0.1, -0.05) is 18.2 Å². The van der Waals surface area contributed by atoms with Gasteiger partial charge in [0.1, 0.15) is 5.82 Å². The minimum absolute atomic E-state index is 0.201. The van der Waals surface area contributed by atoms with E-state index in [1.807, 2.05) is 6.07 Å². The van der Waals surface area contributed by atoms with Crippen molar-refractivity contribution in [2.75, 3.05) is 11.9 Å². The summed E-state index contributed by atoms with van der Waals surface area (Å²) in [5.74, 6) is 0.0707. The van der Waals surface area contributed by atoms with Crippen LogP contribution in [0.5, 0.6) is 0 Å². The summed E-state index contributed by atoms with van der Waals surface area (Å²) in [6.45, 7) is 1.87. The van der Waals surface area contributed by atoms with Crippen LogP contribution in [-0.4, -0.2) is 23.6 Å². The van der Waals surface area contributed by atoms with Gasteiger partial charge in [-0.15, -0.1) is 0 Å². The van der Waals surface area contributed by atoms with Crippen LogP contribution in [0.3, 0.4) is 0 Å². The molecule has 2 N–H and O–H groups in total. The second-order valence-electron chi connectivity index (χ2n) is 4.06. The van der Waals surface area contributed by atoms with Crippen molar-refractivity contribution in [3.63, 3.8) is 0 Å². The fourth-order valence-corrected chi connectivity index (χ4v) is 1.69. The molecule has 0 unspecified atom stereocenters. The van der Waals surface area contributed by atoms with Crippen LogP contribution in [0.25, 0.3) is 0 Å². The topological polar surface area (TPSA) is 80.3 Å². The third-order valence-corrected chi connectivity index (χ3v) is 2.59. The molecule has 0 aliphatic rings. The molecule has 0 aliphatic carbocycles. The summed E-state index contributed by atoms with van der Waals surface area (Å²) >= 11 is 0. The summed E-state index contributed by atoms with van der Waals surface area (Å²) in [5.41, 5.74) is 0.884. The first-order valence-electron chi connectivity index (χ1n) is 6.46. The van der Waals surface area contributed by atoms with Crippen LogP contribution in [0.1, 0.15) is 17.3 Å². The highest BCUT2D eigenvalue weighted by atomic mass is 16.5. The van der Waals surface area contributed by atoms with Crippen molar-refractivity contribution in [3.05, 3.63) is 54.2 Å². The number of hydrogen-bond donors (Lipinski definition) is 2. The molecule has 21 heavy (non-hydrogen) atoms. The standard InChI is InChI=1S/C15H15N3O3/c1-2-21-15(20)18-14(19)11-7-3-4-8-12(11)17-13-9-5-6-10-16-13/h3-10H,2H2,1H3,(H,16,17)(H,18,19,20). The Morgan fingerprint density at radius 2 is 1.90 bits per heavy atom. The molecule has 0 bridgehead atoms.